The zero-order valence-electron chi connectivity index (χ0n) is 11.8. The van der Waals surface area contributed by atoms with Gasteiger partial charge < -0.3 is 10.1 Å². The third-order valence-electron chi connectivity index (χ3n) is 2.71. The lowest BCUT2D eigenvalue weighted by atomic mass is 10.3. The summed E-state index contributed by atoms with van der Waals surface area (Å²) in [6.45, 7) is 3.45. The number of hydrogen-bond donors (Lipinski definition) is 1. The molecule has 0 radical (unpaired) electrons. The predicted octanol–water partition coefficient (Wildman–Crippen LogP) is 3.60. The van der Waals surface area contributed by atoms with E-state index in [0.717, 1.165) is 35.1 Å². The summed E-state index contributed by atoms with van der Waals surface area (Å²) in [5.41, 5.74) is 0.822. The summed E-state index contributed by atoms with van der Waals surface area (Å²) < 4.78 is 5.79. The summed E-state index contributed by atoms with van der Waals surface area (Å²) >= 11 is 1.67. The van der Waals surface area contributed by atoms with Crippen molar-refractivity contribution in [1.82, 2.24) is 9.97 Å². The fourth-order valence-corrected chi connectivity index (χ4v) is 2.21. The summed E-state index contributed by atoms with van der Waals surface area (Å²) in [5.74, 6) is 1.69. The summed E-state index contributed by atoms with van der Waals surface area (Å²) in [6, 6.07) is 7.99. The highest BCUT2D eigenvalue weighted by molar-refractivity contribution is 7.98. The predicted molar refractivity (Wildman–Crippen MR) is 83.4 cm³/mol. The van der Waals surface area contributed by atoms with Crippen molar-refractivity contribution in [3.63, 3.8) is 0 Å². The first kappa shape index (κ1) is 14.7. The number of para-hydroxylation sites is 1. The Morgan fingerprint density at radius 3 is 2.75 bits per heavy atom. The maximum absolute atomic E-state index is 5.79. The number of ether oxygens (including phenoxy) is 1. The normalized spacial score (nSPS) is 10.3. The van der Waals surface area contributed by atoms with Gasteiger partial charge in [-0.25, -0.2) is 4.98 Å². The Balaban J connectivity index is 1.93. The van der Waals surface area contributed by atoms with Crippen LogP contribution < -0.4 is 10.1 Å². The molecule has 1 aromatic heterocycles. The van der Waals surface area contributed by atoms with Crippen molar-refractivity contribution in [2.45, 2.75) is 24.8 Å². The van der Waals surface area contributed by atoms with Crippen LogP contribution in [0.25, 0.3) is 0 Å². The van der Waals surface area contributed by atoms with Crippen LogP contribution in [0.1, 0.15) is 19.0 Å². The molecule has 2 rings (SSSR count). The Bertz CT molecular complexity index is 531. The van der Waals surface area contributed by atoms with E-state index in [2.05, 4.69) is 22.2 Å². The van der Waals surface area contributed by atoms with Crippen LogP contribution in [0.2, 0.25) is 0 Å². The van der Waals surface area contributed by atoms with Gasteiger partial charge in [0.05, 0.1) is 18.1 Å². The average Bonchev–Trinajstić information content (AvgIpc) is 2.52. The van der Waals surface area contributed by atoms with E-state index in [9.17, 15) is 0 Å². The van der Waals surface area contributed by atoms with Gasteiger partial charge in [0.1, 0.15) is 18.2 Å². The molecule has 0 amide bonds. The van der Waals surface area contributed by atoms with Gasteiger partial charge in [0, 0.05) is 11.4 Å². The average molecular weight is 289 g/mol. The van der Waals surface area contributed by atoms with Crippen LogP contribution in [-0.4, -0.2) is 22.8 Å². The minimum absolute atomic E-state index is 0.429. The van der Waals surface area contributed by atoms with E-state index in [-0.39, 0.29) is 0 Å². The minimum atomic E-state index is 0.429. The van der Waals surface area contributed by atoms with Crippen LogP contribution in [0.5, 0.6) is 5.75 Å². The SMILES string of the molecule is CCCNc1cnc(COc2ccccc2SC)cn1. The van der Waals surface area contributed by atoms with Crippen LogP contribution in [0.3, 0.4) is 0 Å². The minimum Gasteiger partial charge on any atom is -0.486 e. The van der Waals surface area contributed by atoms with Crippen LogP contribution in [0.4, 0.5) is 5.82 Å². The molecular weight excluding hydrogens is 270 g/mol. The molecule has 0 saturated carbocycles. The van der Waals surface area contributed by atoms with Crippen LogP contribution >= 0.6 is 11.8 Å². The number of rotatable bonds is 7. The molecule has 1 heterocycles. The number of nitrogens with one attached hydrogen (secondary N) is 1. The number of aromatic nitrogens is 2. The quantitative estimate of drug-likeness (QED) is 0.789. The number of benzene rings is 1. The second-order valence-corrected chi connectivity index (χ2v) is 5.11. The molecule has 5 heteroatoms. The van der Waals surface area contributed by atoms with Crippen molar-refractivity contribution in [3.8, 4) is 5.75 Å². The molecule has 0 aliphatic rings. The Labute approximate surface area is 124 Å². The first-order valence-electron chi connectivity index (χ1n) is 6.64. The summed E-state index contributed by atoms with van der Waals surface area (Å²) in [4.78, 5) is 9.78. The molecule has 0 unspecified atom stereocenters. The zero-order valence-corrected chi connectivity index (χ0v) is 12.6. The third-order valence-corrected chi connectivity index (χ3v) is 3.48. The molecule has 0 aliphatic heterocycles. The van der Waals surface area contributed by atoms with Gasteiger partial charge in [-0.3, -0.25) is 4.98 Å². The third kappa shape index (κ3) is 4.13. The monoisotopic (exact) mass is 289 g/mol. The second kappa shape index (κ2) is 7.75. The van der Waals surface area contributed by atoms with Gasteiger partial charge in [-0.05, 0) is 24.8 Å². The van der Waals surface area contributed by atoms with Crippen molar-refractivity contribution in [1.29, 1.82) is 0 Å². The van der Waals surface area contributed by atoms with Gasteiger partial charge in [0.2, 0.25) is 0 Å². The molecule has 0 spiro atoms. The van der Waals surface area contributed by atoms with E-state index < -0.39 is 0 Å². The highest BCUT2D eigenvalue weighted by Crippen LogP contribution is 2.27. The first-order valence-corrected chi connectivity index (χ1v) is 7.86. The largest absolute Gasteiger partial charge is 0.486 e. The molecule has 0 fully saturated rings. The van der Waals surface area contributed by atoms with Crippen molar-refractivity contribution in [3.05, 3.63) is 42.4 Å². The zero-order chi connectivity index (χ0) is 14.2. The van der Waals surface area contributed by atoms with Crippen molar-refractivity contribution >= 4 is 17.6 Å². The standard InChI is InChI=1S/C15H19N3OS/c1-3-8-16-15-10-17-12(9-18-15)11-19-13-6-4-5-7-14(13)20-2/h4-7,9-10H,3,8,11H2,1-2H3,(H,16,18). The fourth-order valence-electron chi connectivity index (χ4n) is 1.66. The number of thioether (sulfide) groups is 1. The van der Waals surface area contributed by atoms with Gasteiger partial charge in [0.25, 0.3) is 0 Å². The molecule has 0 saturated heterocycles. The van der Waals surface area contributed by atoms with E-state index in [1.807, 2.05) is 30.5 Å². The van der Waals surface area contributed by atoms with Gasteiger partial charge in [-0.2, -0.15) is 0 Å². The van der Waals surface area contributed by atoms with Gasteiger partial charge in [0.15, 0.2) is 0 Å². The lowest BCUT2D eigenvalue weighted by Crippen LogP contribution is -2.05. The van der Waals surface area contributed by atoms with Crippen LogP contribution in [0.15, 0.2) is 41.6 Å². The summed E-state index contributed by atoms with van der Waals surface area (Å²) in [6.07, 6.45) is 6.60. The number of hydrogen-bond acceptors (Lipinski definition) is 5. The van der Waals surface area contributed by atoms with Crippen molar-refractivity contribution < 1.29 is 4.74 Å². The Hall–Kier alpha value is -1.75. The molecule has 1 N–H and O–H groups in total. The van der Waals surface area contributed by atoms with E-state index in [1.54, 1.807) is 24.2 Å². The lowest BCUT2D eigenvalue weighted by molar-refractivity contribution is 0.293. The van der Waals surface area contributed by atoms with Gasteiger partial charge in [-0.15, -0.1) is 11.8 Å². The first-order chi connectivity index (χ1) is 9.83. The van der Waals surface area contributed by atoms with Gasteiger partial charge >= 0.3 is 0 Å². The van der Waals surface area contributed by atoms with Crippen molar-refractivity contribution in [2.24, 2.45) is 0 Å². The van der Waals surface area contributed by atoms with E-state index in [1.165, 1.54) is 0 Å². The fraction of sp³-hybridized carbons (Fsp3) is 0.333. The highest BCUT2D eigenvalue weighted by atomic mass is 32.2. The smallest absolute Gasteiger partial charge is 0.144 e. The molecule has 0 aliphatic carbocycles. The Kier molecular flexibility index (Phi) is 5.68. The molecule has 20 heavy (non-hydrogen) atoms. The highest BCUT2D eigenvalue weighted by Gasteiger charge is 2.03. The van der Waals surface area contributed by atoms with Crippen LogP contribution in [0, 0.1) is 0 Å². The molecule has 4 nitrogen and oxygen atoms in total. The van der Waals surface area contributed by atoms with Crippen LogP contribution in [-0.2, 0) is 6.61 Å². The second-order valence-electron chi connectivity index (χ2n) is 4.26. The van der Waals surface area contributed by atoms with Crippen molar-refractivity contribution in [2.75, 3.05) is 18.1 Å². The van der Waals surface area contributed by atoms with E-state index in [0.29, 0.717) is 6.61 Å². The maximum Gasteiger partial charge on any atom is 0.144 e. The van der Waals surface area contributed by atoms with E-state index in [4.69, 9.17) is 4.74 Å². The molecule has 2 aromatic rings. The van der Waals surface area contributed by atoms with Gasteiger partial charge in [-0.1, -0.05) is 19.1 Å². The molecule has 0 atom stereocenters. The molecule has 0 bridgehead atoms. The van der Waals surface area contributed by atoms with E-state index >= 15 is 0 Å². The Morgan fingerprint density at radius 1 is 1.20 bits per heavy atom. The molecule has 1 aromatic carbocycles. The maximum atomic E-state index is 5.79. The number of nitrogens with zero attached hydrogens (tertiary/aromatic N) is 2. The Morgan fingerprint density at radius 2 is 2.05 bits per heavy atom. The number of anilines is 1. The molecular formula is C15H19N3OS. The molecule has 106 valence electrons. The lowest BCUT2D eigenvalue weighted by Gasteiger charge is -2.09. The topological polar surface area (TPSA) is 47.0 Å². The summed E-state index contributed by atoms with van der Waals surface area (Å²) in [5, 5.41) is 3.20. The summed E-state index contributed by atoms with van der Waals surface area (Å²) in [7, 11) is 0.